The number of hydrogen-bond acceptors (Lipinski definition) is 3. The molecule has 2 aromatic rings. The average Bonchev–Trinajstić information content (AvgIpc) is 2.46. The van der Waals surface area contributed by atoms with Gasteiger partial charge in [-0.3, -0.25) is 0 Å². The van der Waals surface area contributed by atoms with E-state index in [1.54, 1.807) is 19.2 Å². The zero-order chi connectivity index (χ0) is 14.5. The molecule has 2 aromatic carbocycles. The minimum Gasteiger partial charge on any atom is -0.497 e. The molecular formula is C15H13ClO4. The molecule has 0 atom stereocenters. The maximum Gasteiger partial charge on any atom is 0.339 e. The Hall–Kier alpha value is -2.20. The lowest BCUT2D eigenvalue weighted by molar-refractivity contribution is 0.0691. The van der Waals surface area contributed by atoms with Crippen LogP contribution in [0.3, 0.4) is 0 Å². The molecule has 0 aromatic heterocycles. The Labute approximate surface area is 121 Å². The second kappa shape index (κ2) is 6.30. The molecule has 0 heterocycles. The van der Waals surface area contributed by atoms with Gasteiger partial charge in [0.2, 0.25) is 0 Å². The van der Waals surface area contributed by atoms with E-state index in [1.807, 2.05) is 24.3 Å². The van der Waals surface area contributed by atoms with Crippen molar-refractivity contribution in [3.63, 3.8) is 0 Å². The third kappa shape index (κ3) is 3.42. The molecule has 0 radical (unpaired) electrons. The Morgan fingerprint density at radius 2 is 1.90 bits per heavy atom. The molecule has 0 saturated carbocycles. The van der Waals surface area contributed by atoms with Gasteiger partial charge >= 0.3 is 5.97 Å². The van der Waals surface area contributed by atoms with E-state index in [1.165, 1.54) is 6.07 Å². The third-order valence-corrected chi connectivity index (χ3v) is 2.96. The lowest BCUT2D eigenvalue weighted by atomic mass is 10.2. The van der Waals surface area contributed by atoms with Crippen molar-refractivity contribution in [2.75, 3.05) is 7.11 Å². The molecule has 2 rings (SSSR count). The summed E-state index contributed by atoms with van der Waals surface area (Å²) < 4.78 is 10.6. The number of benzene rings is 2. The van der Waals surface area contributed by atoms with Gasteiger partial charge in [-0.1, -0.05) is 23.7 Å². The Kier molecular flexibility index (Phi) is 4.48. The lowest BCUT2D eigenvalue weighted by Gasteiger charge is -2.10. The average molecular weight is 293 g/mol. The first-order valence-electron chi connectivity index (χ1n) is 5.88. The number of halogens is 1. The van der Waals surface area contributed by atoms with Gasteiger partial charge in [0.1, 0.15) is 23.7 Å². The fourth-order valence-corrected chi connectivity index (χ4v) is 1.85. The Bertz CT molecular complexity index is 608. The summed E-state index contributed by atoms with van der Waals surface area (Å²) in [5.41, 5.74) is 0.961. The van der Waals surface area contributed by atoms with Crippen molar-refractivity contribution < 1.29 is 19.4 Å². The van der Waals surface area contributed by atoms with Gasteiger partial charge in [0.15, 0.2) is 0 Å². The number of rotatable bonds is 5. The molecule has 0 bridgehead atoms. The first-order valence-corrected chi connectivity index (χ1v) is 6.26. The smallest absolute Gasteiger partial charge is 0.339 e. The van der Waals surface area contributed by atoms with E-state index in [0.717, 1.165) is 11.3 Å². The van der Waals surface area contributed by atoms with Crippen LogP contribution in [-0.4, -0.2) is 18.2 Å². The van der Waals surface area contributed by atoms with Crippen LogP contribution in [0.1, 0.15) is 15.9 Å². The molecule has 0 saturated heterocycles. The molecule has 20 heavy (non-hydrogen) atoms. The van der Waals surface area contributed by atoms with E-state index in [2.05, 4.69) is 0 Å². The van der Waals surface area contributed by atoms with Crippen molar-refractivity contribution in [3.05, 3.63) is 58.6 Å². The van der Waals surface area contributed by atoms with Crippen LogP contribution in [0.4, 0.5) is 0 Å². The van der Waals surface area contributed by atoms with Crippen LogP contribution in [0, 0.1) is 0 Å². The fraction of sp³-hybridized carbons (Fsp3) is 0.133. The predicted octanol–water partition coefficient (Wildman–Crippen LogP) is 3.63. The summed E-state index contributed by atoms with van der Waals surface area (Å²) in [6.45, 7) is 0.270. The zero-order valence-electron chi connectivity index (χ0n) is 10.8. The number of hydrogen-bond donors (Lipinski definition) is 1. The van der Waals surface area contributed by atoms with Gasteiger partial charge in [0, 0.05) is 5.02 Å². The largest absolute Gasteiger partial charge is 0.497 e. The summed E-state index contributed by atoms with van der Waals surface area (Å²) >= 11 is 5.78. The highest BCUT2D eigenvalue weighted by Crippen LogP contribution is 2.24. The van der Waals surface area contributed by atoms with E-state index >= 15 is 0 Å². The van der Waals surface area contributed by atoms with Gasteiger partial charge < -0.3 is 14.6 Å². The number of carboxylic acid groups (broad SMARTS) is 1. The highest BCUT2D eigenvalue weighted by atomic mass is 35.5. The maximum absolute atomic E-state index is 11.1. The molecule has 0 fully saturated rings. The Balaban J connectivity index is 2.12. The summed E-state index contributed by atoms with van der Waals surface area (Å²) in [5, 5.41) is 9.46. The number of ether oxygens (including phenoxy) is 2. The van der Waals surface area contributed by atoms with Crippen LogP contribution in [0.15, 0.2) is 42.5 Å². The standard InChI is InChI=1S/C15H13ClO4/c1-19-12-5-2-10(3-6-12)9-20-14-7-4-11(16)8-13(14)15(17)18/h2-8H,9H2,1H3,(H,17,18). The molecule has 0 spiro atoms. The number of aromatic carboxylic acids is 1. The summed E-state index contributed by atoms with van der Waals surface area (Å²) in [4.78, 5) is 11.1. The van der Waals surface area contributed by atoms with Crippen molar-refractivity contribution in [1.82, 2.24) is 0 Å². The van der Waals surface area contributed by atoms with Crippen molar-refractivity contribution >= 4 is 17.6 Å². The van der Waals surface area contributed by atoms with Crippen molar-refractivity contribution in [1.29, 1.82) is 0 Å². The molecule has 0 amide bonds. The quantitative estimate of drug-likeness (QED) is 0.914. The van der Waals surface area contributed by atoms with E-state index < -0.39 is 5.97 Å². The summed E-state index contributed by atoms with van der Waals surface area (Å²) in [6, 6.07) is 11.9. The summed E-state index contributed by atoms with van der Waals surface area (Å²) in [6.07, 6.45) is 0. The number of methoxy groups -OCH3 is 1. The minimum atomic E-state index is -1.07. The molecule has 0 aliphatic carbocycles. The third-order valence-electron chi connectivity index (χ3n) is 2.73. The number of carboxylic acids is 1. The van der Waals surface area contributed by atoms with Gasteiger partial charge in [-0.25, -0.2) is 4.79 Å². The van der Waals surface area contributed by atoms with Crippen LogP contribution in [0.2, 0.25) is 5.02 Å². The molecule has 104 valence electrons. The molecule has 0 aliphatic rings. The Morgan fingerprint density at radius 1 is 1.20 bits per heavy atom. The van der Waals surface area contributed by atoms with Crippen molar-refractivity contribution in [2.45, 2.75) is 6.61 Å². The topological polar surface area (TPSA) is 55.8 Å². The second-order valence-electron chi connectivity index (χ2n) is 4.08. The molecule has 0 unspecified atom stereocenters. The summed E-state index contributed by atoms with van der Waals surface area (Å²) in [5.74, 6) is -0.0265. The fourth-order valence-electron chi connectivity index (χ4n) is 1.68. The first-order chi connectivity index (χ1) is 9.60. The van der Waals surface area contributed by atoms with Crippen LogP contribution in [0.5, 0.6) is 11.5 Å². The molecular weight excluding hydrogens is 280 g/mol. The zero-order valence-corrected chi connectivity index (χ0v) is 11.6. The van der Waals surface area contributed by atoms with E-state index in [-0.39, 0.29) is 17.9 Å². The number of carbonyl (C=O) groups is 1. The molecule has 0 aliphatic heterocycles. The van der Waals surface area contributed by atoms with Crippen LogP contribution < -0.4 is 9.47 Å². The normalized spacial score (nSPS) is 10.1. The van der Waals surface area contributed by atoms with Gasteiger partial charge in [-0.15, -0.1) is 0 Å². The van der Waals surface area contributed by atoms with Crippen LogP contribution in [0.25, 0.3) is 0 Å². The predicted molar refractivity (Wildman–Crippen MR) is 75.7 cm³/mol. The van der Waals surface area contributed by atoms with E-state index in [9.17, 15) is 4.79 Å². The monoisotopic (exact) mass is 292 g/mol. The molecule has 4 nitrogen and oxygen atoms in total. The van der Waals surface area contributed by atoms with Crippen molar-refractivity contribution in [3.8, 4) is 11.5 Å². The van der Waals surface area contributed by atoms with E-state index in [0.29, 0.717) is 5.02 Å². The van der Waals surface area contributed by atoms with Gasteiger partial charge in [0.05, 0.1) is 7.11 Å². The first kappa shape index (κ1) is 14.2. The van der Waals surface area contributed by atoms with Crippen LogP contribution in [-0.2, 0) is 6.61 Å². The van der Waals surface area contributed by atoms with Gasteiger partial charge in [-0.05, 0) is 35.9 Å². The molecule has 5 heteroatoms. The second-order valence-corrected chi connectivity index (χ2v) is 4.52. The van der Waals surface area contributed by atoms with E-state index in [4.69, 9.17) is 26.2 Å². The lowest BCUT2D eigenvalue weighted by Crippen LogP contribution is -2.03. The maximum atomic E-state index is 11.1. The highest BCUT2D eigenvalue weighted by molar-refractivity contribution is 6.31. The highest BCUT2D eigenvalue weighted by Gasteiger charge is 2.12. The molecule has 1 N–H and O–H groups in total. The van der Waals surface area contributed by atoms with Gasteiger partial charge in [-0.2, -0.15) is 0 Å². The summed E-state index contributed by atoms with van der Waals surface area (Å²) in [7, 11) is 1.60. The van der Waals surface area contributed by atoms with Crippen LogP contribution >= 0.6 is 11.6 Å². The van der Waals surface area contributed by atoms with Gasteiger partial charge in [0.25, 0.3) is 0 Å². The minimum absolute atomic E-state index is 0.0472. The SMILES string of the molecule is COc1ccc(COc2ccc(Cl)cc2C(=O)O)cc1. The Morgan fingerprint density at radius 3 is 2.50 bits per heavy atom. The van der Waals surface area contributed by atoms with Crippen molar-refractivity contribution in [2.24, 2.45) is 0 Å².